The summed E-state index contributed by atoms with van der Waals surface area (Å²) in [5.74, 6) is 5.93. The Labute approximate surface area is 84.5 Å². The van der Waals surface area contributed by atoms with Crippen LogP contribution in [0.15, 0.2) is 0 Å². The number of rotatable bonds is 2. The first-order chi connectivity index (χ1) is 6.37. The quantitative estimate of drug-likeness (QED) is 0.631. The number of amides is 1. The predicted octanol–water partition coefficient (Wildman–Crippen LogP) is 0.317. The van der Waals surface area contributed by atoms with E-state index in [1.54, 1.807) is 5.01 Å². The summed E-state index contributed by atoms with van der Waals surface area (Å²) in [6.07, 6.45) is -0.354. The van der Waals surface area contributed by atoms with E-state index in [9.17, 15) is 4.79 Å². The average Bonchev–Trinajstić information content (AvgIpc) is 1.92. The molecule has 14 heavy (non-hydrogen) atoms. The van der Waals surface area contributed by atoms with Crippen LogP contribution in [0.5, 0.6) is 0 Å². The molecule has 0 radical (unpaired) electrons. The van der Waals surface area contributed by atoms with Crippen molar-refractivity contribution in [3.8, 4) is 0 Å². The van der Waals surface area contributed by atoms with Crippen LogP contribution in [0.25, 0.3) is 0 Å². The average molecular weight is 201 g/mol. The van der Waals surface area contributed by atoms with Crippen LogP contribution in [-0.4, -0.2) is 36.3 Å². The molecule has 1 heterocycles. The highest BCUT2D eigenvalue weighted by atomic mass is 16.6. The fourth-order valence-electron chi connectivity index (χ4n) is 1.28. The zero-order valence-electron chi connectivity index (χ0n) is 9.04. The van der Waals surface area contributed by atoms with Crippen molar-refractivity contribution < 1.29 is 9.53 Å². The van der Waals surface area contributed by atoms with E-state index in [-0.39, 0.29) is 6.09 Å². The van der Waals surface area contributed by atoms with Crippen LogP contribution < -0.4 is 11.2 Å². The van der Waals surface area contributed by atoms with Crippen LogP contribution >= 0.6 is 0 Å². The fourth-order valence-corrected chi connectivity index (χ4v) is 1.28. The van der Waals surface area contributed by atoms with E-state index >= 15 is 0 Å². The second-order valence-electron chi connectivity index (χ2n) is 4.70. The summed E-state index contributed by atoms with van der Waals surface area (Å²) in [6, 6.07) is 0. The Kier molecular flexibility index (Phi) is 3.34. The minimum Gasteiger partial charge on any atom is -0.444 e. The maximum absolute atomic E-state index is 11.2. The number of carbonyl (C=O) groups excluding carboxylic acids is 1. The number of nitrogens with two attached hydrogens (primary N) is 1. The van der Waals surface area contributed by atoms with Gasteiger partial charge in [0.25, 0.3) is 0 Å². The van der Waals surface area contributed by atoms with Gasteiger partial charge in [0.1, 0.15) is 5.60 Å². The van der Waals surface area contributed by atoms with Gasteiger partial charge in [-0.25, -0.2) is 9.80 Å². The Hall–Kier alpha value is -0.810. The summed E-state index contributed by atoms with van der Waals surface area (Å²) in [5.41, 5.74) is -0.427. The monoisotopic (exact) mass is 201 g/mol. The lowest BCUT2D eigenvalue weighted by Crippen LogP contribution is -2.54. The second-order valence-corrected chi connectivity index (χ2v) is 4.70. The van der Waals surface area contributed by atoms with E-state index in [0.717, 1.165) is 13.1 Å². The van der Waals surface area contributed by atoms with E-state index in [1.807, 2.05) is 20.8 Å². The molecule has 3 N–H and O–H groups in total. The van der Waals surface area contributed by atoms with Crippen molar-refractivity contribution >= 4 is 6.09 Å². The molecule has 1 fully saturated rings. The first kappa shape index (κ1) is 11.3. The summed E-state index contributed by atoms with van der Waals surface area (Å²) >= 11 is 0. The molecule has 1 aliphatic rings. The second kappa shape index (κ2) is 4.14. The van der Waals surface area contributed by atoms with Gasteiger partial charge in [0, 0.05) is 25.6 Å². The van der Waals surface area contributed by atoms with Gasteiger partial charge in [-0.1, -0.05) is 0 Å². The minimum atomic E-state index is -0.427. The zero-order chi connectivity index (χ0) is 10.8. The molecule has 0 atom stereocenters. The summed E-state index contributed by atoms with van der Waals surface area (Å²) < 4.78 is 5.09. The number of hydrogen-bond donors (Lipinski definition) is 2. The number of carbonyl (C=O) groups is 1. The third-order valence-electron chi connectivity index (χ3n) is 1.92. The van der Waals surface area contributed by atoms with Gasteiger partial charge in [-0.3, -0.25) is 5.84 Å². The molecule has 1 saturated heterocycles. The highest BCUT2D eigenvalue weighted by Gasteiger charge is 2.25. The van der Waals surface area contributed by atoms with Crippen LogP contribution in [-0.2, 0) is 4.74 Å². The van der Waals surface area contributed by atoms with E-state index in [4.69, 9.17) is 10.6 Å². The van der Waals surface area contributed by atoms with Crippen molar-refractivity contribution in [3.05, 3.63) is 0 Å². The molecular weight excluding hydrogens is 182 g/mol. The van der Waals surface area contributed by atoms with Crippen LogP contribution in [0.3, 0.4) is 0 Å². The first-order valence-corrected chi connectivity index (χ1v) is 4.83. The van der Waals surface area contributed by atoms with Crippen molar-refractivity contribution in [1.82, 2.24) is 10.3 Å². The van der Waals surface area contributed by atoms with Crippen molar-refractivity contribution in [2.24, 2.45) is 11.8 Å². The number of nitrogens with zero attached hydrogens (tertiary/aromatic N) is 1. The number of ether oxygens (including phenoxy) is 1. The largest absolute Gasteiger partial charge is 0.444 e. The lowest BCUT2D eigenvalue weighted by atomic mass is 10.0. The molecule has 1 rings (SSSR count). The summed E-state index contributed by atoms with van der Waals surface area (Å²) in [6.45, 7) is 7.86. The van der Waals surface area contributed by atoms with Crippen LogP contribution in [0, 0.1) is 5.92 Å². The Morgan fingerprint density at radius 1 is 1.57 bits per heavy atom. The smallest absolute Gasteiger partial charge is 0.407 e. The van der Waals surface area contributed by atoms with Crippen LogP contribution in [0.2, 0.25) is 0 Å². The van der Waals surface area contributed by atoms with E-state index < -0.39 is 5.60 Å². The van der Waals surface area contributed by atoms with Crippen molar-refractivity contribution in [3.63, 3.8) is 0 Å². The molecular formula is C9H19N3O2. The summed E-state index contributed by atoms with van der Waals surface area (Å²) in [5, 5.41) is 4.44. The SMILES string of the molecule is CC(C)(C)OC(=O)NCC1CN(N)C1. The van der Waals surface area contributed by atoms with Gasteiger partial charge in [-0.05, 0) is 20.8 Å². The molecule has 0 aliphatic carbocycles. The van der Waals surface area contributed by atoms with Crippen LogP contribution in [0.4, 0.5) is 4.79 Å². The highest BCUT2D eigenvalue weighted by Crippen LogP contribution is 2.10. The molecule has 0 saturated carbocycles. The molecule has 1 amide bonds. The Morgan fingerprint density at radius 2 is 2.14 bits per heavy atom. The van der Waals surface area contributed by atoms with Gasteiger partial charge < -0.3 is 10.1 Å². The number of hydrazine groups is 1. The topological polar surface area (TPSA) is 67.6 Å². The van der Waals surface area contributed by atoms with Crippen LogP contribution in [0.1, 0.15) is 20.8 Å². The summed E-state index contributed by atoms with van der Waals surface area (Å²) in [7, 11) is 0. The van der Waals surface area contributed by atoms with Crippen molar-refractivity contribution in [2.75, 3.05) is 19.6 Å². The lowest BCUT2D eigenvalue weighted by molar-refractivity contribution is 0.0465. The Bertz CT molecular complexity index is 207. The predicted molar refractivity (Wildman–Crippen MR) is 53.5 cm³/mol. The molecule has 5 heteroatoms. The maximum Gasteiger partial charge on any atom is 0.407 e. The minimum absolute atomic E-state index is 0.354. The number of hydrogen-bond acceptors (Lipinski definition) is 4. The van der Waals surface area contributed by atoms with Gasteiger partial charge >= 0.3 is 6.09 Å². The molecule has 0 aromatic carbocycles. The fraction of sp³-hybridized carbons (Fsp3) is 0.889. The van der Waals surface area contributed by atoms with E-state index in [0.29, 0.717) is 12.5 Å². The first-order valence-electron chi connectivity index (χ1n) is 4.83. The highest BCUT2D eigenvalue weighted by molar-refractivity contribution is 5.67. The molecule has 0 spiro atoms. The normalized spacial score (nSPS) is 18.9. The standard InChI is InChI=1S/C9H19N3O2/c1-9(2,3)14-8(13)11-4-7-5-12(10)6-7/h7H,4-6,10H2,1-3H3,(H,11,13). The molecule has 0 aromatic heterocycles. The molecule has 0 aromatic rings. The van der Waals surface area contributed by atoms with E-state index in [1.165, 1.54) is 0 Å². The van der Waals surface area contributed by atoms with Gasteiger partial charge in [0.15, 0.2) is 0 Å². The van der Waals surface area contributed by atoms with Gasteiger partial charge in [-0.2, -0.15) is 0 Å². The number of alkyl carbamates (subject to hydrolysis) is 1. The Morgan fingerprint density at radius 3 is 2.57 bits per heavy atom. The molecule has 5 nitrogen and oxygen atoms in total. The Balaban J connectivity index is 2.10. The van der Waals surface area contributed by atoms with Gasteiger partial charge in [-0.15, -0.1) is 0 Å². The van der Waals surface area contributed by atoms with E-state index in [2.05, 4.69) is 5.32 Å². The third kappa shape index (κ3) is 3.93. The summed E-state index contributed by atoms with van der Waals surface area (Å²) in [4.78, 5) is 11.2. The molecule has 82 valence electrons. The molecule has 0 bridgehead atoms. The number of nitrogens with one attached hydrogen (secondary N) is 1. The van der Waals surface area contributed by atoms with Crippen molar-refractivity contribution in [2.45, 2.75) is 26.4 Å². The maximum atomic E-state index is 11.2. The third-order valence-corrected chi connectivity index (χ3v) is 1.92. The molecule has 0 unspecified atom stereocenters. The van der Waals surface area contributed by atoms with Gasteiger partial charge in [0.2, 0.25) is 0 Å². The zero-order valence-corrected chi connectivity index (χ0v) is 9.04. The lowest BCUT2D eigenvalue weighted by Gasteiger charge is -2.35. The molecule has 1 aliphatic heterocycles. The van der Waals surface area contributed by atoms with Crippen molar-refractivity contribution in [1.29, 1.82) is 0 Å². The van der Waals surface area contributed by atoms with Gasteiger partial charge in [0.05, 0.1) is 0 Å².